The van der Waals surface area contributed by atoms with Gasteiger partial charge in [-0.15, -0.1) is 0 Å². The zero-order valence-electron chi connectivity index (χ0n) is 15.9. The molecule has 26 heavy (non-hydrogen) atoms. The minimum absolute atomic E-state index is 0.0670. The summed E-state index contributed by atoms with van der Waals surface area (Å²) in [7, 11) is 0. The summed E-state index contributed by atoms with van der Waals surface area (Å²) in [4.78, 5) is 12.0. The Balaban J connectivity index is 1.77. The first-order chi connectivity index (χ1) is 12.4. The molecule has 0 aliphatic carbocycles. The van der Waals surface area contributed by atoms with E-state index in [0.717, 1.165) is 22.7 Å². The number of carbonyl (C=O) groups excluding carboxylic acids is 1. The van der Waals surface area contributed by atoms with Gasteiger partial charge in [-0.3, -0.25) is 4.79 Å². The van der Waals surface area contributed by atoms with Gasteiger partial charge in [-0.25, -0.2) is 0 Å². The maximum Gasteiger partial charge on any atom is 0.239 e. The zero-order chi connectivity index (χ0) is 18.9. The lowest BCUT2D eigenvalue weighted by Gasteiger charge is -2.12. The Morgan fingerprint density at radius 1 is 0.923 bits per heavy atom. The average molecular weight is 356 g/mol. The monoisotopic (exact) mass is 356 g/mol. The summed E-state index contributed by atoms with van der Waals surface area (Å²) in [5.41, 5.74) is 1.88. The highest BCUT2D eigenvalue weighted by Crippen LogP contribution is 2.18. The second kappa shape index (κ2) is 9.70. The van der Waals surface area contributed by atoms with E-state index in [1.54, 1.807) is 0 Å². The van der Waals surface area contributed by atoms with Crippen LogP contribution in [0.25, 0.3) is 0 Å². The van der Waals surface area contributed by atoms with Crippen LogP contribution in [-0.2, 0) is 11.3 Å². The molecule has 0 radical (unpaired) electrons. The van der Waals surface area contributed by atoms with Gasteiger partial charge in [0.05, 0.1) is 18.8 Å². The number of amides is 1. The Morgan fingerprint density at radius 3 is 2.23 bits per heavy atom. The van der Waals surface area contributed by atoms with Crippen LogP contribution >= 0.6 is 0 Å². The van der Waals surface area contributed by atoms with Crippen molar-refractivity contribution in [1.29, 1.82) is 0 Å². The quantitative estimate of drug-likeness (QED) is 0.713. The predicted octanol–water partition coefficient (Wildman–Crippen LogP) is 3.99. The molecular weight excluding hydrogens is 328 g/mol. The minimum Gasteiger partial charge on any atom is -0.491 e. The molecular formula is C21H28N2O3. The van der Waals surface area contributed by atoms with Gasteiger partial charge in [0.2, 0.25) is 5.91 Å². The molecule has 0 unspecified atom stereocenters. The van der Waals surface area contributed by atoms with Crippen molar-refractivity contribution in [2.75, 3.05) is 11.9 Å². The van der Waals surface area contributed by atoms with Gasteiger partial charge in [-0.05, 0) is 57.5 Å². The fourth-order valence-electron chi connectivity index (χ4n) is 2.36. The van der Waals surface area contributed by atoms with E-state index in [2.05, 4.69) is 10.6 Å². The summed E-state index contributed by atoms with van der Waals surface area (Å²) in [6.07, 6.45) is 0.266. The molecule has 1 amide bonds. The van der Waals surface area contributed by atoms with E-state index in [0.29, 0.717) is 6.54 Å². The van der Waals surface area contributed by atoms with Crippen molar-refractivity contribution in [1.82, 2.24) is 5.32 Å². The Kier molecular flexibility index (Phi) is 7.33. The standard InChI is InChI=1S/C21H28N2O3/c1-15(2)25-19-10-8-17(9-11-19)13-23-21(24)14-22-18-6-5-7-20(12-18)26-16(3)4/h5-12,15-16,22H,13-14H2,1-4H3,(H,23,24). The lowest BCUT2D eigenvalue weighted by molar-refractivity contribution is -0.119. The highest BCUT2D eigenvalue weighted by atomic mass is 16.5. The third kappa shape index (κ3) is 7.05. The molecule has 2 aromatic rings. The van der Waals surface area contributed by atoms with Crippen molar-refractivity contribution in [3.63, 3.8) is 0 Å². The van der Waals surface area contributed by atoms with Crippen LogP contribution in [0.5, 0.6) is 11.5 Å². The zero-order valence-corrected chi connectivity index (χ0v) is 15.9. The molecule has 0 spiro atoms. The molecule has 5 nitrogen and oxygen atoms in total. The van der Waals surface area contributed by atoms with E-state index in [9.17, 15) is 4.79 Å². The van der Waals surface area contributed by atoms with Crippen LogP contribution in [0, 0.1) is 0 Å². The van der Waals surface area contributed by atoms with Crippen LogP contribution in [0.2, 0.25) is 0 Å². The SMILES string of the molecule is CC(C)Oc1ccc(CNC(=O)CNc2cccc(OC(C)C)c2)cc1. The van der Waals surface area contributed by atoms with E-state index < -0.39 is 0 Å². The molecule has 0 bridgehead atoms. The largest absolute Gasteiger partial charge is 0.491 e. The third-order valence-electron chi connectivity index (χ3n) is 3.44. The summed E-state index contributed by atoms with van der Waals surface area (Å²) >= 11 is 0. The first-order valence-corrected chi connectivity index (χ1v) is 8.95. The van der Waals surface area contributed by atoms with Crippen molar-refractivity contribution < 1.29 is 14.3 Å². The number of carbonyl (C=O) groups is 1. The Labute approximate surface area is 155 Å². The molecule has 2 N–H and O–H groups in total. The van der Waals surface area contributed by atoms with Crippen LogP contribution in [0.1, 0.15) is 33.3 Å². The summed E-state index contributed by atoms with van der Waals surface area (Å²) in [6.45, 7) is 8.64. The minimum atomic E-state index is -0.0670. The number of rotatable bonds is 9. The number of ether oxygens (including phenoxy) is 2. The van der Waals surface area contributed by atoms with Gasteiger partial charge < -0.3 is 20.1 Å². The Morgan fingerprint density at radius 2 is 1.58 bits per heavy atom. The number of anilines is 1. The molecule has 0 fully saturated rings. The average Bonchev–Trinajstić information content (AvgIpc) is 2.58. The number of nitrogens with one attached hydrogen (secondary N) is 2. The Hall–Kier alpha value is -2.69. The van der Waals surface area contributed by atoms with Gasteiger partial charge in [0, 0.05) is 18.3 Å². The van der Waals surface area contributed by atoms with Gasteiger partial charge >= 0.3 is 0 Å². The molecule has 0 aliphatic rings. The summed E-state index contributed by atoms with van der Waals surface area (Å²) in [5, 5.41) is 6.02. The highest BCUT2D eigenvalue weighted by Gasteiger charge is 2.04. The van der Waals surface area contributed by atoms with Gasteiger partial charge in [0.15, 0.2) is 0 Å². The topological polar surface area (TPSA) is 59.6 Å². The van der Waals surface area contributed by atoms with Crippen molar-refractivity contribution in [3.05, 3.63) is 54.1 Å². The van der Waals surface area contributed by atoms with Crippen molar-refractivity contribution in [2.24, 2.45) is 0 Å². The van der Waals surface area contributed by atoms with Crippen molar-refractivity contribution >= 4 is 11.6 Å². The molecule has 2 aromatic carbocycles. The van der Waals surface area contributed by atoms with Crippen molar-refractivity contribution in [2.45, 2.75) is 46.4 Å². The van der Waals surface area contributed by atoms with Crippen LogP contribution in [0.15, 0.2) is 48.5 Å². The fourth-order valence-corrected chi connectivity index (χ4v) is 2.36. The summed E-state index contributed by atoms with van der Waals surface area (Å²) < 4.78 is 11.3. The van der Waals surface area contributed by atoms with E-state index in [1.165, 1.54) is 0 Å². The summed E-state index contributed by atoms with van der Waals surface area (Å²) in [6, 6.07) is 15.3. The number of benzene rings is 2. The molecule has 2 rings (SSSR count). The van der Waals surface area contributed by atoms with Gasteiger partial charge in [0.1, 0.15) is 11.5 Å². The summed E-state index contributed by atoms with van der Waals surface area (Å²) in [5.74, 6) is 1.55. The van der Waals surface area contributed by atoms with Crippen LogP contribution in [0.3, 0.4) is 0 Å². The molecule has 0 aromatic heterocycles. The van der Waals surface area contributed by atoms with E-state index in [1.807, 2.05) is 76.2 Å². The maximum absolute atomic E-state index is 12.0. The predicted molar refractivity (Wildman–Crippen MR) is 105 cm³/mol. The molecule has 140 valence electrons. The molecule has 0 saturated heterocycles. The normalized spacial score (nSPS) is 10.7. The molecule has 5 heteroatoms. The van der Waals surface area contributed by atoms with Crippen LogP contribution < -0.4 is 20.1 Å². The molecule has 0 aliphatic heterocycles. The highest BCUT2D eigenvalue weighted by molar-refractivity contribution is 5.80. The second-order valence-electron chi connectivity index (χ2n) is 6.64. The lowest BCUT2D eigenvalue weighted by atomic mass is 10.2. The second-order valence-corrected chi connectivity index (χ2v) is 6.64. The number of hydrogen-bond donors (Lipinski definition) is 2. The number of hydrogen-bond acceptors (Lipinski definition) is 4. The maximum atomic E-state index is 12.0. The van der Waals surface area contributed by atoms with Crippen LogP contribution in [-0.4, -0.2) is 24.7 Å². The Bertz CT molecular complexity index is 697. The van der Waals surface area contributed by atoms with Crippen molar-refractivity contribution in [3.8, 4) is 11.5 Å². The lowest BCUT2D eigenvalue weighted by Crippen LogP contribution is -2.29. The van der Waals surface area contributed by atoms with Gasteiger partial charge in [-0.1, -0.05) is 18.2 Å². The first kappa shape index (κ1) is 19.6. The van der Waals surface area contributed by atoms with Gasteiger partial charge in [-0.2, -0.15) is 0 Å². The molecule has 0 heterocycles. The fraction of sp³-hybridized carbons (Fsp3) is 0.381. The van der Waals surface area contributed by atoms with E-state index in [4.69, 9.17) is 9.47 Å². The molecule has 0 atom stereocenters. The third-order valence-corrected chi connectivity index (χ3v) is 3.44. The van der Waals surface area contributed by atoms with E-state index >= 15 is 0 Å². The van der Waals surface area contributed by atoms with Gasteiger partial charge in [0.25, 0.3) is 0 Å². The first-order valence-electron chi connectivity index (χ1n) is 8.95. The van der Waals surface area contributed by atoms with E-state index in [-0.39, 0.29) is 24.7 Å². The van der Waals surface area contributed by atoms with Crippen LogP contribution in [0.4, 0.5) is 5.69 Å². The molecule has 0 saturated carbocycles. The smallest absolute Gasteiger partial charge is 0.239 e.